The fourth-order valence-electron chi connectivity index (χ4n) is 2.29. The molecule has 0 aliphatic carbocycles. The predicted octanol–water partition coefficient (Wildman–Crippen LogP) is 0.981. The lowest BCUT2D eigenvalue weighted by atomic mass is 10.1. The summed E-state index contributed by atoms with van der Waals surface area (Å²) in [5, 5.41) is 7.04. The SMILES string of the molecule is CC(CC1COCCN1)NCCc1cccnc1. The first kappa shape index (κ1) is 13.5. The summed E-state index contributed by atoms with van der Waals surface area (Å²) in [6.07, 6.45) is 5.90. The molecule has 1 aromatic rings. The second-order valence-electron chi connectivity index (χ2n) is 4.93. The molecule has 4 nitrogen and oxygen atoms in total. The molecule has 2 N–H and O–H groups in total. The molecule has 2 heterocycles. The van der Waals surface area contributed by atoms with Crippen LogP contribution in [0.15, 0.2) is 24.5 Å². The van der Waals surface area contributed by atoms with E-state index < -0.39 is 0 Å². The van der Waals surface area contributed by atoms with Crippen LogP contribution in [0.3, 0.4) is 0 Å². The molecule has 4 heteroatoms. The molecule has 2 atom stereocenters. The smallest absolute Gasteiger partial charge is 0.0620 e. The Morgan fingerprint density at radius 2 is 2.56 bits per heavy atom. The highest BCUT2D eigenvalue weighted by atomic mass is 16.5. The van der Waals surface area contributed by atoms with Crippen LogP contribution in [0.25, 0.3) is 0 Å². The maximum atomic E-state index is 5.46. The van der Waals surface area contributed by atoms with Crippen LogP contribution in [0.5, 0.6) is 0 Å². The third-order valence-corrected chi connectivity index (χ3v) is 3.27. The maximum absolute atomic E-state index is 5.46. The number of pyridine rings is 1. The summed E-state index contributed by atoms with van der Waals surface area (Å²) < 4.78 is 5.46. The van der Waals surface area contributed by atoms with Gasteiger partial charge in [-0.3, -0.25) is 4.98 Å². The zero-order valence-electron chi connectivity index (χ0n) is 11.1. The van der Waals surface area contributed by atoms with Crippen molar-refractivity contribution in [2.75, 3.05) is 26.3 Å². The number of ether oxygens (including phenoxy) is 1. The van der Waals surface area contributed by atoms with E-state index in [4.69, 9.17) is 4.74 Å². The molecule has 0 radical (unpaired) electrons. The van der Waals surface area contributed by atoms with E-state index in [1.807, 2.05) is 18.5 Å². The number of rotatable bonds is 6. The molecule has 0 bridgehead atoms. The number of morpholine rings is 1. The summed E-state index contributed by atoms with van der Waals surface area (Å²) in [5.74, 6) is 0. The van der Waals surface area contributed by atoms with Crippen LogP contribution in [-0.2, 0) is 11.2 Å². The van der Waals surface area contributed by atoms with E-state index in [0.717, 1.165) is 39.1 Å². The second kappa shape index (κ2) is 7.46. The zero-order valence-corrected chi connectivity index (χ0v) is 11.1. The Morgan fingerprint density at radius 1 is 1.61 bits per heavy atom. The first-order chi connectivity index (χ1) is 8.84. The third-order valence-electron chi connectivity index (χ3n) is 3.27. The highest BCUT2D eigenvalue weighted by molar-refractivity contribution is 5.08. The van der Waals surface area contributed by atoms with Gasteiger partial charge >= 0.3 is 0 Å². The molecule has 0 saturated carbocycles. The Labute approximate surface area is 109 Å². The van der Waals surface area contributed by atoms with Gasteiger partial charge in [-0.1, -0.05) is 6.07 Å². The van der Waals surface area contributed by atoms with Gasteiger partial charge in [0.2, 0.25) is 0 Å². The van der Waals surface area contributed by atoms with Gasteiger partial charge in [-0.25, -0.2) is 0 Å². The largest absolute Gasteiger partial charge is 0.379 e. The molecule has 1 fully saturated rings. The Hall–Kier alpha value is -0.970. The van der Waals surface area contributed by atoms with E-state index in [9.17, 15) is 0 Å². The minimum absolute atomic E-state index is 0.500. The van der Waals surface area contributed by atoms with Crippen molar-refractivity contribution in [3.05, 3.63) is 30.1 Å². The van der Waals surface area contributed by atoms with Gasteiger partial charge in [0.15, 0.2) is 0 Å². The van der Waals surface area contributed by atoms with Gasteiger partial charge in [-0.2, -0.15) is 0 Å². The molecule has 1 aliphatic rings. The van der Waals surface area contributed by atoms with Gasteiger partial charge in [0.25, 0.3) is 0 Å². The average Bonchev–Trinajstić information content (AvgIpc) is 2.41. The fraction of sp³-hybridized carbons (Fsp3) is 0.643. The lowest BCUT2D eigenvalue weighted by Crippen LogP contribution is -2.45. The monoisotopic (exact) mass is 249 g/mol. The Morgan fingerprint density at radius 3 is 3.28 bits per heavy atom. The van der Waals surface area contributed by atoms with Crippen LogP contribution in [0, 0.1) is 0 Å². The predicted molar refractivity (Wildman–Crippen MR) is 72.6 cm³/mol. The van der Waals surface area contributed by atoms with Crippen LogP contribution < -0.4 is 10.6 Å². The molecule has 2 unspecified atom stereocenters. The van der Waals surface area contributed by atoms with Crippen LogP contribution in [0.2, 0.25) is 0 Å². The number of hydrogen-bond acceptors (Lipinski definition) is 4. The summed E-state index contributed by atoms with van der Waals surface area (Å²) >= 11 is 0. The van der Waals surface area contributed by atoms with Crippen molar-refractivity contribution in [1.82, 2.24) is 15.6 Å². The highest BCUT2D eigenvalue weighted by Crippen LogP contribution is 2.03. The number of nitrogens with zero attached hydrogens (tertiary/aromatic N) is 1. The van der Waals surface area contributed by atoms with Gasteiger partial charge in [-0.05, 0) is 37.9 Å². The highest BCUT2D eigenvalue weighted by Gasteiger charge is 2.15. The van der Waals surface area contributed by atoms with E-state index in [0.29, 0.717) is 12.1 Å². The third kappa shape index (κ3) is 4.72. The van der Waals surface area contributed by atoms with Crippen LogP contribution in [0.1, 0.15) is 18.9 Å². The molecule has 1 saturated heterocycles. The number of hydrogen-bond donors (Lipinski definition) is 2. The van der Waals surface area contributed by atoms with Crippen LogP contribution in [-0.4, -0.2) is 43.4 Å². The standard InChI is InChI=1S/C14H23N3O/c1-12(9-14-11-18-8-7-17-14)16-6-4-13-3-2-5-15-10-13/h2-3,5,10,12,14,16-17H,4,6-9,11H2,1H3. The van der Waals surface area contributed by atoms with Crippen molar-refractivity contribution < 1.29 is 4.74 Å². The summed E-state index contributed by atoms with van der Waals surface area (Å²) in [5.41, 5.74) is 1.29. The Kier molecular flexibility index (Phi) is 5.58. The molecule has 1 aromatic heterocycles. The summed E-state index contributed by atoms with van der Waals surface area (Å²) in [6, 6.07) is 5.12. The molecular formula is C14H23N3O. The first-order valence-corrected chi connectivity index (χ1v) is 6.78. The van der Waals surface area contributed by atoms with Crippen LogP contribution >= 0.6 is 0 Å². The molecule has 0 spiro atoms. The Bertz CT molecular complexity index is 325. The van der Waals surface area contributed by atoms with Gasteiger partial charge in [0, 0.05) is 31.0 Å². The van der Waals surface area contributed by atoms with Crippen molar-refractivity contribution in [2.45, 2.75) is 31.8 Å². The van der Waals surface area contributed by atoms with E-state index >= 15 is 0 Å². The fourth-order valence-corrected chi connectivity index (χ4v) is 2.29. The molecule has 0 amide bonds. The minimum Gasteiger partial charge on any atom is -0.379 e. The molecule has 0 aromatic carbocycles. The molecule has 18 heavy (non-hydrogen) atoms. The molecule has 2 rings (SSSR count). The summed E-state index contributed by atoms with van der Waals surface area (Å²) in [7, 11) is 0. The Balaban J connectivity index is 1.61. The molecular weight excluding hydrogens is 226 g/mol. The van der Waals surface area contributed by atoms with Crippen molar-refractivity contribution in [3.8, 4) is 0 Å². The lowest BCUT2D eigenvalue weighted by molar-refractivity contribution is 0.0713. The van der Waals surface area contributed by atoms with Gasteiger partial charge < -0.3 is 15.4 Å². The first-order valence-electron chi connectivity index (χ1n) is 6.78. The number of aromatic nitrogens is 1. The van der Waals surface area contributed by atoms with Crippen molar-refractivity contribution in [3.63, 3.8) is 0 Å². The van der Waals surface area contributed by atoms with Gasteiger partial charge in [0.1, 0.15) is 0 Å². The molecule has 1 aliphatic heterocycles. The topological polar surface area (TPSA) is 46.2 Å². The quantitative estimate of drug-likeness (QED) is 0.789. The molecule has 100 valence electrons. The summed E-state index contributed by atoms with van der Waals surface area (Å²) in [6.45, 7) is 5.90. The summed E-state index contributed by atoms with van der Waals surface area (Å²) in [4.78, 5) is 4.12. The zero-order chi connectivity index (χ0) is 12.6. The second-order valence-corrected chi connectivity index (χ2v) is 4.93. The van der Waals surface area contributed by atoms with E-state index in [2.05, 4.69) is 28.6 Å². The normalized spacial score (nSPS) is 21.7. The van der Waals surface area contributed by atoms with E-state index in [1.54, 1.807) is 0 Å². The van der Waals surface area contributed by atoms with Crippen molar-refractivity contribution >= 4 is 0 Å². The van der Waals surface area contributed by atoms with Crippen molar-refractivity contribution in [1.29, 1.82) is 0 Å². The minimum atomic E-state index is 0.500. The number of nitrogens with one attached hydrogen (secondary N) is 2. The maximum Gasteiger partial charge on any atom is 0.0620 e. The average molecular weight is 249 g/mol. The van der Waals surface area contributed by atoms with E-state index in [-0.39, 0.29) is 0 Å². The van der Waals surface area contributed by atoms with Gasteiger partial charge in [0.05, 0.1) is 13.2 Å². The van der Waals surface area contributed by atoms with Crippen LogP contribution in [0.4, 0.5) is 0 Å². The van der Waals surface area contributed by atoms with E-state index in [1.165, 1.54) is 5.56 Å². The van der Waals surface area contributed by atoms with Crippen molar-refractivity contribution in [2.24, 2.45) is 0 Å². The lowest BCUT2D eigenvalue weighted by Gasteiger charge is -2.26. The van der Waals surface area contributed by atoms with Gasteiger partial charge in [-0.15, -0.1) is 0 Å².